The minimum atomic E-state index is -0.493. The molecule has 0 saturated carbocycles. The van der Waals surface area contributed by atoms with Gasteiger partial charge in [0.1, 0.15) is 0 Å². The van der Waals surface area contributed by atoms with Gasteiger partial charge in [-0.05, 0) is 64.0 Å². The van der Waals surface area contributed by atoms with E-state index >= 15 is 0 Å². The van der Waals surface area contributed by atoms with E-state index < -0.39 is 6.10 Å². The zero-order valence-electron chi connectivity index (χ0n) is 12.0. The minimum Gasteiger partial charge on any atom is -0.391 e. The Bertz CT molecular complexity index is 401. The summed E-state index contributed by atoms with van der Waals surface area (Å²) in [5.74, 6) is 0. The number of nitrogens with one attached hydrogen (secondary N) is 2. The maximum Gasteiger partial charge on any atom is 0.167 e. The van der Waals surface area contributed by atoms with E-state index in [1.54, 1.807) is 19.3 Å². The fourth-order valence-electron chi connectivity index (χ4n) is 1.66. The summed E-state index contributed by atoms with van der Waals surface area (Å²) in [6, 6.07) is 3.76. The quantitative estimate of drug-likeness (QED) is 0.733. The van der Waals surface area contributed by atoms with Gasteiger partial charge in [0.05, 0.1) is 12.1 Å². The van der Waals surface area contributed by atoms with Gasteiger partial charge < -0.3 is 15.7 Å². The Morgan fingerprint density at radius 1 is 1.37 bits per heavy atom. The topological polar surface area (TPSA) is 57.2 Å². The van der Waals surface area contributed by atoms with Crippen LogP contribution in [0.2, 0.25) is 0 Å². The molecule has 1 aromatic heterocycles. The van der Waals surface area contributed by atoms with E-state index in [0.717, 1.165) is 5.56 Å². The molecular formula is C14H23N3OS. The van der Waals surface area contributed by atoms with Crippen LogP contribution in [0, 0.1) is 0 Å². The summed E-state index contributed by atoms with van der Waals surface area (Å²) in [6.45, 7) is 7.89. The molecule has 0 amide bonds. The van der Waals surface area contributed by atoms with Crippen LogP contribution in [-0.2, 0) is 6.42 Å². The molecule has 3 N–H and O–H groups in total. The first-order valence-corrected chi connectivity index (χ1v) is 6.84. The average Bonchev–Trinajstić information content (AvgIpc) is 2.26. The lowest BCUT2D eigenvalue weighted by molar-refractivity contribution is 0.154. The molecule has 4 nitrogen and oxygen atoms in total. The third-order valence-corrected chi connectivity index (χ3v) is 2.81. The fraction of sp³-hybridized carbons (Fsp3) is 0.571. The Kier molecular flexibility index (Phi) is 5.69. The molecule has 106 valence electrons. The Labute approximate surface area is 120 Å². The third kappa shape index (κ3) is 6.50. The second kappa shape index (κ2) is 6.82. The number of pyridine rings is 1. The second-order valence-electron chi connectivity index (χ2n) is 5.76. The first-order chi connectivity index (χ1) is 8.78. The number of thiocarbonyl (C=S) groups is 1. The highest BCUT2D eigenvalue weighted by atomic mass is 32.1. The molecule has 0 aliphatic carbocycles. The molecule has 0 fully saturated rings. The maximum atomic E-state index is 9.86. The first kappa shape index (κ1) is 15.9. The number of nitrogens with zero attached hydrogens (tertiary/aromatic N) is 1. The van der Waals surface area contributed by atoms with Crippen LogP contribution < -0.4 is 10.6 Å². The Hall–Kier alpha value is -1.20. The molecule has 0 bridgehead atoms. The highest BCUT2D eigenvalue weighted by molar-refractivity contribution is 7.80. The van der Waals surface area contributed by atoms with Crippen LogP contribution in [0.5, 0.6) is 0 Å². The fourth-order valence-corrected chi connectivity index (χ4v) is 2.12. The highest BCUT2D eigenvalue weighted by Gasteiger charge is 2.18. The van der Waals surface area contributed by atoms with Crippen LogP contribution in [0.1, 0.15) is 33.3 Å². The summed E-state index contributed by atoms with van der Waals surface area (Å²) in [5.41, 5.74) is 1.02. The Morgan fingerprint density at radius 2 is 1.95 bits per heavy atom. The zero-order chi connectivity index (χ0) is 14.5. The predicted octanol–water partition coefficient (Wildman–Crippen LogP) is 1.64. The molecule has 1 rings (SSSR count). The summed E-state index contributed by atoms with van der Waals surface area (Å²) in [7, 11) is 0. The number of hydrogen-bond acceptors (Lipinski definition) is 3. The summed E-state index contributed by atoms with van der Waals surface area (Å²) in [4.78, 5) is 3.99. The van der Waals surface area contributed by atoms with Crippen molar-refractivity contribution in [2.75, 3.05) is 0 Å². The molecule has 0 aliphatic heterocycles. The largest absolute Gasteiger partial charge is 0.391 e. The van der Waals surface area contributed by atoms with Gasteiger partial charge in [0.15, 0.2) is 5.11 Å². The van der Waals surface area contributed by atoms with Crippen LogP contribution in [-0.4, -0.2) is 32.9 Å². The van der Waals surface area contributed by atoms with Crippen LogP contribution in [0.3, 0.4) is 0 Å². The monoisotopic (exact) mass is 281 g/mol. The summed E-state index contributed by atoms with van der Waals surface area (Å²) in [5, 5.41) is 16.8. The SMILES string of the molecule is CC(O)[C@@H](Cc1ccncc1)NC(=S)NC(C)(C)C. The standard InChI is InChI=1S/C14H23N3OS/c1-10(18)12(9-11-5-7-15-8-6-11)16-13(19)17-14(2,3)4/h5-8,10,12,18H,9H2,1-4H3,(H2,16,17,19)/t10?,12-/m1/s1. The molecule has 0 spiro atoms. The third-order valence-electron chi connectivity index (χ3n) is 2.59. The molecular weight excluding hydrogens is 258 g/mol. The van der Waals surface area contributed by atoms with Gasteiger partial charge in [-0.15, -0.1) is 0 Å². The predicted molar refractivity (Wildman–Crippen MR) is 82.0 cm³/mol. The molecule has 1 aromatic rings. The highest BCUT2D eigenvalue weighted by Crippen LogP contribution is 2.06. The molecule has 1 heterocycles. The van der Waals surface area contributed by atoms with Gasteiger partial charge in [-0.2, -0.15) is 0 Å². The number of aliphatic hydroxyl groups excluding tert-OH is 1. The van der Waals surface area contributed by atoms with E-state index in [0.29, 0.717) is 11.5 Å². The van der Waals surface area contributed by atoms with Gasteiger partial charge in [0.25, 0.3) is 0 Å². The average molecular weight is 281 g/mol. The van der Waals surface area contributed by atoms with Crippen molar-refractivity contribution in [2.24, 2.45) is 0 Å². The molecule has 0 aromatic carbocycles. The number of aliphatic hydroxyl groups is 1. The molecule has 1 unspecified atom stereocenters. The summed E-state index contributed by atoms with van der Waals surface area (Å²) in [6.07, 6.45) is 3.71. The molecule has 0 aliphatic rings. The van der Waals surface area contributed by atoms with Crippen molar-refractivity contribution in [1.82, 2.24) is 15.6 Å². The van der Waals surface area contributed by atoms with Crippen molar-refractivity contribution in [3.8, 4) is 0 Å². The van der Waals surface area contributed by atoms with E-state index in [1.165, 1.54) is 0 Å². The van der Waals surface area contributed by atoms with Crippen molar-refractivity contribution < 1.29 is 5.11 Å². The number of hydrogen-bond donors (Lipinski definition) is 3. The summed E-state index contributed by atoms with van der Waals surface area (Å²) >= 11 is 5.27. The van der Waals surface area contributed by atoms with E-state index in [-0.39, 0.29) is 11.6 Å². The van der Waals surface area contributed by atoms with Crippen LogP contribution in [0.15, 0.2) is 24.5 Å². The van der Waals surface area contributed by atoms with Gasteiger partial charge in [-0.25, -0.2) is 0 Å². The molecule has 0 radical (unpaired) electrons. The maximum absolute atomic E-state index is 9.86. The van der Waals surface area contributed by atoms with Crippen LogP contribution in [0.25, 0.3) is 0 Å². The molecule has 2 atom stereocenters. The van der Waals surface area contributed by atoms with E-state index in [2.05, 4.69) is 15.6 Å². The zero-order valence-corrected chi connectivity index (χ0v) is 12.8. The molecule has 5 heteroatoms. The minimum absolute atomic E-state index is 0.0933. The van der Waals surface area contributed by atoms with Crippen LogP contribution in [0.4, 0.5) is 0 Å². The smallest absolute Gasteiger partial charge is 0.167 e. The van der Waals surface area contributed by atoms with Crippen molar-refractivity contribution in [1.29, 1.82) is 0 Å². The molecule has 19 heavy (non-hydrogen) atoms. The van der Waals surface area contributed by atoms with Gasteiger partial charge in [0.2, 0.25) is 0 Å². The van der Waals surface area contributed by atoms with E-state index in [1.807, 2.05) is 32.9 Å². The Balaban J connectivity index is 2.61. The van der Waals surface area contributed by atoms with Gasteiger partial charge in [0, 0.05) is 17.9 Å². The van der Waals surface area contributed by atoms with Gasteiger partial charge >= 0.3 is 0 Å². The van der Waals surface area contributed by atoms with E-state index in [4.69, 9.17) is 12.2 Å². The molecule has 0 saturated heterocycles. The lowest BCUT2D eigenvalue weighted by atomic mass is 10.0. The normalized spacial score (nSPS) is 14.6. The second-order valence-corrected chi connectivity index (χ2v) is 6.16. The van der Waals surface area contributed by atoms with Gasteiger partial charge in [-0.1, -0.05) is 0 Å². The summed E-state index contributed by atoms with van der Waals surface area (Å²) < 4.78 is 0. The Morgan fingerprint density at radius 3 is 2.42 bits per heavy atom. The van der Waals surface area contributed by atoms with Crippen LogP contribution >= 0.6 is 12.2 Å². The lowest BCUT2D eigenvalue weighted by Crippen LogP contribution is -2.52. The van der Waals surface area contributed by atoms with E-state index in [9.17, 15) is 5.11 Å². The van der Waals surface area contributed by atoms with Crippen molar-refractivity contribution in [3.05, 3.63) is 30.1 Å². The number of rotatable bonds is 4. The van der Waals surface area contributed by atoms with Crippen molar-refractivity contribution >= 4 is 17.3 Å². The number of aromatic nitrogens is 1. The first-order valence-electron chi connectivity index (χ1n) is 6.43. The van der Waals surface area contributed by atoms with Crippen molar-refractivity contribution in [2.45, 2.75) is 51.8 Å². The van der Waals surface area contributed by atoms with Crippen molar-refractivity contribution in [3.63, 3.8) is 0 Å². The van der Waals surface area contributed by atoms with Gasteiger partial charge in [-0.3, -0.25) is 4.98 Å². The lowest BCUT2D eigenvalue weighted by Gasteiger charge is -2.28.